The Balaban J connectivity index is 2.26. The lowest BCUT2D eigenvalue weighted by molar-refractivity contribution is 0.192. The first-order valence-electron chi connectivity index (χ1n) is 8.24. The van der Waals surface area contributed by atoms with E-state index < -0.39 is 0 Å². The molecule has 1 nitrogen and oxygen atoms in total. The first-order chi connectivity index (χ1) is 9.51. The molecule has 1 aliphatic carbocycles. The molecule has 3 unspecified atom stereocenters. The Kier molecular flexibility index (Phi) is 5.26. The normalized spacial score (nSPS) is 27.0. The van der Waals surface area contributed by atoms with Gasteiger partial charge in [-0.2, -0.15) is 0 Å². The van der Waals surface area contributed by atoms with Crippen molar-refractivity contribution in [1.82, 2.24) is 5.32 Å². The quantitative estimate of drug-likeness (QED) is 0.840. The monoisotopic (exact) mass is 273 g/mol. The summed E-state index contributed by atoms with van der Waals surface area (Å²) in [5.41, 5.74) is 4.40. The molecule has 1 aromatic carbocycles. The second-order valence-electron chi connectivity index (χ2n) is 7.16. The van der Waals surface area contributed by atoms with Crippen molar-refractivity contribution in [3.63, 3.8) is 0 Å². The van der Waals surface area contributed by atoms with Crippen LogP contribution in [0, 0.1) is 31.6 Å². The number of hydrogen-bond donors (Lipinski definition) is 1. The van der Waals surface area contributed by atoms with Crippen molar-refractivity contribution in [2.24, 2.45) is 17.8 Å². The average Bonchev–Trinajstić information content (AvgIpc) is 2.38. The summed E-state index contributed by atoms with van der Waals surface area (Å²) in [4.78, 5) is 0. The Morgan fingerprint density at radius 1 is 1.10 bits per heavy atom. The Morgan fingerprint density at radius 3 is 2.30 bits per heavy atom. The second-order valence-corrected chi connectivity index (χ2v) is 7.16. The van der Waals surface area contributed by atoms with E-state index in [9.17, 15) is 0 Å². The fraction of sp³-hybridized carbons (Fsp3) is 0.684. The molecule has 1 fully saturated rings. The zero-order valence-corrected chi connectivity index (χ0v) is 13.9. The van der Waals surface area contributed by atoms with Crippen molar-refractivity contribution in [3.8, 4) is 0 Å². The minimum atomic E-state index is 0.738. The molecule has 0 aromatic heterocycles. The van der Waals surface area contributed by atoms with E-state index in [1.54, 1.807) is 5.56 Å². The predicted molar refractivity (Wildman–Crippen MR) is 88.3 cm³/mol. The molecule has 1 saturated carbocycles. The van der Waals surface area contributed by atoms with Gasteiger partial charge in [0.2, 0.25) is 0 Å². The minimum Gasteiger partial charge on any atom is -0.319 e. The van der Waals surface area contributed by atoms with Gasteiger partial charge < -0.3 is 5.32 Å². The molecule has 0 aliphatic heterocycles. The fourth-order valence-electron chi connectivity index (χ4n) is 4.01. The van der Waals surface area contributed by atoms with Crippen LogP contribution in [0.15, 0.2) is 18.2 Å². The van der Waals surface area contributed by atoms with Gasteiger partial charge >= 0.3 is 0 Å². The third-order valence-electron chi connectivity index (χ3n) is 5.12. The van der Waals surface area contributed by atoms with Gasteiger partial charge in [0.15, 0.2) is 0 Å². The van der Waals surface area contributed by atoms with Gasteiger partial charge in [-0.15, -0.1) is 0 Å². The topological polar surface area (TPSA) is 12.0 Å². The van der Waals surface area contributed by atoms with E-state index in [-0.39, 0.29) is 0 Å². The zero-order valence-electron chi connectivity index (χ0n) is 13.9. The lowest BCUT2D eigenvalue weighted by atomic mass is 9.68. The maximum Gasteiger partial charge on any atom is -0.00177 e. The molecule has 1 aromatic rings. The Labute approximate surface area is 125 Å². The molecular formula is C19H31N. The van der Waals surface area contributed by atoms with E-state index in [1.165, 1.54) is 30.4 Å². The molecule has 1 heteroatoms. The summed E-state index contributed by atoms with van der Waals surface area (Å²) in [5.74, 6) is 3.26. The van der Waals surface area contributed by atoms with Crippen LogP contribution < -0.4 is 5.32 Å². The molecule has 2 rings (SSSR count). The van der Waals surface area contributed by atoms with E-state index in [1.807, 2.05) is 0 Å². The number of aryl methyl sites for hydroxylation is 2. The molecule has 112 valence electrons. The number of benzene rings is 1. The Hall–Kier alpha value is -0.820. The van der Waals surface area contributed by atoms with Crippen LogP contribution in [0.3, 0.4) is 0 Å². The largest absolute Gasteiger partial charge is 0.319 e. The highest BCUT2D eigenvalue weighted by atomic mass is 14.8. The van der Waals surface area contributed by atoms with Gasteiger partial charge in [0.1, 0.15) is 0 Å². The maximum absolute atomic E-state index is 3.41. The minimum absolute atomic E-state index is 0.738. The second kappa shape index (κ2) is 6.76. The van der Waals surface area contributed by atoms with E-state index in [0.717, 1.165) is 30.2 Å². The van der Waals surface area contributed by atoms with Crippen LogP contribution in [-0.4, -0.2) is 13.6 Å². The summed E-state index contributed by atoms with van der Waals surface area (Å²) in [6.45, 7) is 10.4. The van der Waals surface area contributed by atoms with E-state index in [0.29, 0.717) is 0 Å². The number of hydrogen-bond acceptors (Lipinski definition) is 1. The summed E-state index contributed by atoms with van der Waals surface area (Å²) in [6, 6.07) is 7.13. The van der Waals surface area contributed by atoms with Crippen LogP contribution in [0.4, 0.5) is 0 Å². The standard InChI is InChI=1S/C19H31N/c1-13(2)16-6-7-17(12-20-5)19(11-16)18-9-14(3)8-15(4)10-18/h8-10,13,16-17,19-20H,6-7,11-12H2,1-5H3. The van der Waals surface area contributed by atoms with Gasteiger partial charge in [0.05, 0.1) is 0 Å². The van der Waals surface area contributed by atoms with E-state index in [4.69, 9.17) is 0 Å². The summed E-state index contributed by atoms with van der Waals surface area (Å²) < 4.78 is 0. The molecular weight excluding hydrogens is 242 g/mol. The van der Waals surface area contributed by atoms with Crippen molar-refractivity contribution in [2.75, 3.05) is 13.6 Å². The molecule has 1 N–H and O–H groups in total. The van der Waals surface area contributed by atoms with Crippen LogP contribution in [0.5, 0.6) is 0 Å². The average molecular weight is 273 g/mol. The molecule has 0 heterocycles. The summed E-state index contributed by atoms with van der Waals surface area (Å²) in [7, 11) is 2.09. The zero-order chi connectivity index (χ0) is 14.7. The van der Waals surface area contributed by atoms with Crippen LogP contribution in [-0.2, 0) is 0 Å². The van der Waals surface area contributed by atoms with Gasteiger partial charge in [-0.25, -0.2) is 0 Å². The highest BCUT2D eigenvalue weighted by molar-refractivity contribution is 5.31. The van der Waals surface area contributed by atoms with Crippen molar-refractivity contribution in [2.45, 2.75) is 52.9 Å². The lowest BCUT2D eigenvalue weighted by Gasteiger charge is -2.38. The molecule has 0 saturated heterocycles. The molecule has 0 spiro atoms. The van der Waals surface area contributed by atoms with Crippen molar-refractivity contribution < 1.29 is 0 Å². The third kappa shape index (κ3) is 3.63. The van der Waals surface area contributed by atoms with Crippen LogP contribution in [0.25, 0.3) is 0 Å². The van der Waals surface area contributed by atoms with Gasteiger partial charge in [-0.05, 0) is 75.9 Å². The van der Waals surface area contributed by atoms with Crippen LogP contribution >= 0.6 is 0 Å². The summed E-state index contributed by atoms with van der Waals surface area (Å²) >= 11 is 0. The Morgan fingerprint density at radius 2 is 1.75 bits per heavy atom. The van der Waals surface area contributed by atoms with Gasteiger partial charge in [0, 0.05) is 0 Å². The summed E-state index contributed by atoms with van der Waals surface area (Å²) in [5, 5.41) is 3.41. The van der Waals surface area contributed by atoms with Gasteiger partial charge in [-0.1, -0.05) is 43.2 Å². The maximum atomic E-state index is 3.41. The molecule has 1 aliphatic rings. The smallest absolute Gasteiger partial charge is 0.00177 e. The van der Waals surface area contributed by atoms with Crippen molar-refractivity contribution in [1.29, 1.82) is 0 Å². The Bertz CT molecular complexity index is 415. The highest BCUT2D eigenvalue weighted by Crippen LogP contribution is 2.43. The van der Waals surface area contributed by atoms with Crippen molar-refractivity contribution in [3.05, 3.63) is 34.9 Å². The van der Waals surface area contributed by atoms with E-state index >= 15 is 0 Å². The molecule has 0 radical (unpaired) electrons. The van der Waals surface area contributed by atoms with Gasteiger partial charge in [-0.3, -0.25) is 0 Å². The van der Waals surface area contributed by atoms with Crippen LogP contribution in [0.1, 0.15) is 55.7 Å². The lowest BCUT2D eigenvalue weighted by Crippen LogP contribution is -2.32. The van der Waals surface area contributed by atoms with Gasteiger partial charge in [0.25, 0.3) is 0 Å². The molecule has 3 atom stereocenters. The summed E-state index contributed by atoms with van der Waals surface area (Å²) in [6.07, 6.45) is 4.15. The number of rotatable bonds is 4. The fourth-order valence-corrected chi connectivity index (χ4v) is 4.01. The SMILES string of the molecule is CNCC1CCC(C(C)C)CC1c1cc(C)cc(C)c1. The third-order valence-corrected chi connectivity index (χ3v) is 5.12. The molecule has 20 heavy (non-hydrogen) atoms. The van der Waals surface area contributed by atoms with E-state index in [2.05, 4.69) is 58.3 Å². The number of nitrogens with one attached hydrogen (secondary N) is 1. The molecule has 0 bridgehead atoms. The van der Waals surface area contributed by atoms with Crippen molar-refractivity contribution >= 4 is 0 Å². The molecule has 0 amide bonds. The highest BCUT2D eigenvalue weighted by Gasteiger charge is 2.32. The van der Waals surface area contributed by atoms with Crippen LogP contribution in [0.2, 0.25) is 0 Å². The first kappa shape index (κ1) is 15.6. The predicted octanol–water partition coefficient (Wildman–Crippen LogP) is 4.68. The first-order valence-corrected chi connectivity index (χ1v) is 8.24.